The molecule has 0 aliphatic carbocycles. The number of benzene rings is 1. The smallest absolute Gasteiger partial charge is 0.270 e. The van der Waals surface area contributed by atoms with Crippen LogP contribution in [0, 0.1) is 0 Å². The predicted octanol–water partition coefficient (Wildman–Crippen LogP) is 2.49. The molecule has 1 N–H and O–H groups in total. The second kappa shape index (κ2) is 4.21. The summed E-state index contributed by atoms with van der Waals surface area (Å²) >= 11 is 11.9. The maximum Gasteiger partial charge on any atom is 0.270 e. The van der Waals surface area contributed by atoms with Crippen molar-refractivity contribution in [3.05, 3.63) is 42.7 Å². The van der Waals surface area contributed by atoms with Crippen molar-refractivity contribution >= 4 is 23.2 Å². The van der Waals surface area contributed by atoms with E-state index < -0.39 is 4.58 Å². The van der Waals surface area contributed by atoms with Crippen LogP contribution in [0.3, 0.4) is 0 Å². The molecule has 3 nitrogen and oxygen atoms in total. The summed E-state index contributed by atoms with van der Waals surface area (Å²) in [6.07, 6.45) is 3.41. The van der Waals surface area contributed by atoms with Gasteiger partial charge in [0, 0.05) is 12.4 Å². The molecule has 1 aromatic carbocycles. The zero-order valence-corrected chi connectivity index (χ0v) is 9.37. The van der Waals surface area contributed by atoms with Crippen molar-refractivity contribution in [2.75, 3.05) is 6.73 Å². The minimum atomic E-state index is -1.12. The van der Waals surface area contributed by atoms with Crippen molar-refractivity contribution in [2.45, 2.75) is 4.58 Å². The fourth-order valence-corrected chi connectivity index (χ4v) is 1.53. The molecule has 1 aliphatic heterocycles. The summed E-state index contributed by atoms with van der Waals surface area (Å²) in [5.74, 6) is 0.780. The molecule has 0 spiro atoms. The summed E-state index contributed by atoms with van der Waals surface area (Å²) in [7, 11) is 0. The van der Waals surface area contributed by atoms with E-state index in [1.807, 2.05) is 30.3 Å². The molecule has 0 radical (unpaired) electrons. The highest BCUT2D eigenvalue weighted by Crippen LogP contribution is 2.27. The molecule has 2 rings (SSSR count). The number of nitrogens with zero attached hydrogens (tertiary/aromatic N) is 1. The van der Waals surface area contributed by atoms with Crippen LogP contribution in [0.5, 0.6) is 5.75 Å². The summed E-state index contributed by atoms with van der Waals surface area (Å²) in [4.78, 5) is 1.64. The Balaban J connectivity index is 1.91. The number of rotatable bonds is 3. The van der Waals surface area contributed by atoms with Gasteiger partial charge >= 0.3 is 0 Å². The molecule has 1 aliphatic rings. The van der Waals surface area contributed by atoms with Crippen molar-refractivity contribution in [3.8, 4) is 5.75 Å². The zero-order chi connectivity index (χ0) is 10.7. The molecule has 0 amide bonds. The topological polar surface area (TPSA) is 24.5 Å². The van der Waals surface area contributed by atoms with E-state index >= 15 is 0 Å². The van der Waals surface area contributed by atoms with Gasteiger partial charge in [0.1, 0.15) is 5.75 Å². The summed E-state index contributed by atoms with van der Waals surface area (Å²) in [5.41, 5.74) is 0. The Morgan fingerprint density at radius 1 is 1.27 bits per heavy atom. The van der Waals surface area contributed by atoms with Gasteiger partial charge in [-0.3, -0.25) is 4.90 Å². The van der Waals surface area contributed by atoms with E-state index in [0.29, 0.717) is 6.73 Å². The first-order valence-corrected chi connectivity index (χ1v) is 5.21. The summed E-state index contributed by atoms with van der Waals surface area (Å²) < 4.78 is 4.38. The van der Waals surface area contributed by atoms with Crippen LogP contribution in [0.2, 0.25) is 0 Å². The predicted molar refractivity (Wildman–Crippen MR) is 60.5 cm³/mol. The minimum Gasteiger partial charge on any atom is -0.473 e. The van der Waals surface area contributed by atoms with Crippen molar-refractivity contribution in [1.82, 2.24) is 10.2 Å². The molecule has 5 heteroatoms. The van der Waals surface area contributed by atoms with E-state index in [2.05, 4.69) is 5.32 Å². The van der Waals surface area contributed by atoms with Gasteiger partial charge in [0.05, 0.1) is 0 Å². The van der Waals surface area contributed by atoms with Gasteiger partial charge in [0.15, 0.2) is 6.73 Å². The van der Waals surface area contributed by atoms with Gasteiger partial charge in [0.25, 0.3) is 4.58 Å². The molecule has 0 saturated carbocycles. The van der Waals surface area contributed by atoms with Gasteiger partial charge in [-0.15, -0.1) is 0 Å². The maximum absolute atomic E-state index is 5.94. The van der Waals surface area contributed by atoms with Gasteiger partial charge in [-0.25, -0.2) is 0 Å². The van der Waals surface area contributed by atoms with Crippen LogP contribution in [0.4, 0.5) is 0 Å². The average molecular weight is 245 g/mol. The first-order chi connectivity index (χ1) is 7.18. The Bertz CT molecular complexity index is 354. The third kappa shape index (κ3) is 2.49. The fraction of sp³-hybridized carbons (Fsp3) is 0.200. The maximum atomic E-state index is 5.94. The summed E-state index contributed by atoms with van der Waals surface area (Å²) in [6.45, 7) is 0.292. The quantitative estimate of drug-likeness (QED) is 0.654. The van der Waals surface area contributed by atoms with E-state index in [1.54, 1.807) is 17.3 Å². The normalized spacial score (nSPS) is 17.6. The molecular formula is C10H10Cl2N2O. The summed E-state index contributed by atoms with van der Waals surface area (Å²) in [5, 5.41) is 2.78. The molecule has 0 fully saturated rings. The average Bonchev–Trinajstić information content (AvgIpc) is 2.56. The molecule has 0 saturated heterocycles. The number of para-hydroxylation sites is 1. The van der Waals surface area contributed by atoms with Crippen LogP contribution in [0.15, 0.2) is 42.7 Å². The van der Waals surface area contributed by atoms with Crippen LogP contribution in [0.1, 0.15) is 0 Å². The standard InChI is InChI=1S/C10H10Cl2N2O/c11-10(12)13-6-7-14(10)8-15-9-4-2-1-3-5-9/h1-7,13H,8H2. The largest absolute Gasteiger partial charge is 0.473 e. The Morgan fingerprint density at radius 2 is 2.00 bits per heavy atom. The number of hydrogen-bond acceptors (Lipinski definition) is 3. The number of ether oxygens (including phenoxy) is 1. The van der Waals surface area contributed by atoms with Gasteiger partial charge in [-0.2, -0.15) is 0 Å². The second-order valence-corrected chi connectivity index (χ2v) is 4.35. The van der Waals surface area contributed by atoms with Crippen LogP contribution >= 0.6 is 23.2 Å². The van der Waals surface area contributed by atoms with Crippen LogP contribution in [-0.4, -0.2) is 16.2 Å². The van der Waals surface area contributed by atoms with Gasteiger partial charge in [-0.1, -0.05) is 41.4 Å². The lowest BCUT2D eigenvalue weighted by Gasteiger charge is -2.27. The molecule has 15 heavy (non-hydrogen) atoms. The molecule has 0 aromatic heterocycles. The zero-order valence-electron chi connectivity index (χ0n) is 7.86. The fourth-order valence-electron chi connectivity index (χ4n) is 1.19. The van der Waals surface area contributed by atoms with Crippen molar-refractivity contribution < 1.29 is 4.74 Å². The number of halogens is 2. The highest BCUT2D eigenvalue weighted by molar-refractivity contribution is 6.47. The molecule has 0 atom stereocenters. The lowest BCUT2D eigenvalue weighted by molar-refractivity contribution is 0.150. The molecule has 0 unspecified atom stereocenters. The SMILES string of the molecule is ClC1(Cl)NC=CN1COc1ccccc1. The third-order valence-corrected chi connectivity index (χ3v) is 2.64. The lowest BCUT2D eigenvalue weighted by atomic mass is 10.3. The van der Waals surface area contributed by atoms with E-state index in [4.69, 9.17) is 27.9 Å². The number of nitrogens with one attached hydrogen (secondary N) is 1. The lowest BCUT2D eigenvalue weighted by Crippen LogP contribution is -2.42. The van der Waals surface area contributed by atoms with Gasteiger partial charge in [0.2, 0.25) is 0 Å². The molecule has 0 bridgehead atoms. The first kappa shape index (κ1) is 10.5. The van der Waals surface area contributed by atoms with Gasteiger partial charge < -0.3 is 10.1 Å². The van der Waals surface area contributed by atoms with Crippen LogP contribution in [0.25, 0.3) is 0 Å². The Labute approximate surface area is 98.2 Å². The Kier molecular flexibility index (Phi) is 2.93. The third-order valence-electron chi connectivity index (χ3n) is 1.99. The van der Waals surface area contributed by atoms with Gasteiger partial charge in [-0.05, 0) is 12.1 Å². The van der Waals surface area contributed by atoms with Crippen molar-refractivity contribution in [2.24, 2.45) is 0 Å². The molecule has 1 heterocycles. The van der Waals surface area contributed by atoms with Crippen molar-refractivity contribution in [1.29, 1.82) is 0 Å². The van der Waals surface area contributed by atoms with Crippen LogP contribution in [-0.2, 0) is 0 Å². The Hall–Kier alpha value is -1.06. The van der Waals surface area contributed by atoms with E-state index in [1.165, 1.54) is 0 Å². The number of hydrogen-bond donors (Lipinski definition) is 1. The van der Waals surface area contributed by atoms with Crippen LogP contribution < -0.4 is 10.1 Å². The van der Waals surface area contributed by atoms with E-state index in [9.17, 15) is 0 Å². The number of alkyl halides is 2. The van der Waals surface area contributed by atoms with E-state index in [0.717, 1.165) is 5.75 Å². The second-order valence-electron chi connectivity index (χ2n) is 3.06. The minimum absolute atomic E-state index is 0.292. The Morgan fingerprint density at radius 3 is 2.60 bits per heavy atom. The van der Waals surface area contributed by atoms with Crippen molar-refractivity contribution in [3.63, 3.8) is 0 Å². The monoisotopic (exact) mass is 244 g/mol. The molecule has 1 aromatic rings. The highest BCUT2D eigenvalue weighted by atomic mass is 35.5. The molecule has 80 valence electrons. The highest BCUT2D eigenvalue weighted by Gasteiger charge is 2.32. The first-order valence-electron chi connectivity index (χ1n) is 4.45. The molecular weight excluding hydrogens is 235 g/mol. The van der Waals surface area contributed by atoms with E-state index in [-0.39, 0.29) is 0 Å². The summed E-state index contributed by atoms with van der Waals surface area (Å²) in [6, 6.07) is 9.48.